The third-order valence-corrected chi connectivity index (χ3v) is 2.13. The van der Waals surface area contributed by atoms with Crippen molar-refractivity contribution in [1.29, 1.82) is 0 Å². The maximum Gasteiger partial charge on any atom is 0.113 e. The number of rotatable bonds is 1. The number of hydrogen-bond donors (Lipinski definition) is 0. The minimum absolute atomic E-state index is 0.513. The van der Waals surface area contributed by atoms with Crippen molar-refractivity contribution >= 4 is 0 Å². The van der Waals surface area contributed by atoms with Gasteiger partial charge in [0.15, 0.2) is 0 Å². The summed E-state index contributed by atoms with van der Waals surface area (Å²) in [6, 6.07) is 0.513. The Morgan fingerprint density at radius 1 is 1.50 bits per heavy atom. The van der Waals surface area contributed by atoms with Crippen LogP contribution in [0.2, 0.25) is 0 Å². The lowest BCUT2D eigenvalue weighted by atomic mass is 10.1. The zero-order valence-corrected chi connectivity index (χ0v) is 6.81. The van der Waals surface area contributed by atoms with Gasteiger partial charge in [-0.3, -0.25) is 4.90 Å². The van der Waals surface area contributed by atoms with Crippen LogP contribution in [0.5, 0.6) is 0 Å². The summed E-state index contributed by atoms with van der Waals surface area (Å²) in [6.07, 6.45) is 1.22. The van der Waals surface area contributed by atoms with E-state index in [9.17, 15) is 4.39 Å². The number of piperidine rings is 1. The van der Waals surface area contributed by atoms with Crippen LogP contribution in [0.4, 0.5) is 4.39 Å². The Kier molecular flexibility index (Phi) is 2.66. The molecule has 1 rings (SSSR count). The molecule has 0 aromatic rings. The molecule has 1 fully saturated rings. The van der Waals surface area contributed by atoms with Crippen LogP contribution in [0.15, 0.2) is 0 Å². The maximum absolute atomic E-state index is 12.8. The lowest BCUT2D eigenvalue weighted by Gasteiger charge is -2.31. The van der Waals surface area contributed by atoms with E-state index in [0.29, 0.717) is 12.6 Å². The smallest absolute Gasteiger partial charge is 0.113 e. The highest BCUT2D eigenvalue weighted by Crippen LogP contribution is 2.14. The average molecular weight is 145 g/mol. The van der Waals surface area contributed by atoms with E-state index in [1.807, 2.05) is 0 Å². The van der Waals surface area contributed by atoms with Gasteiger partial charge in [0.2, 0.25) is 0 Å². The van der Waals surface area contributed by atoms with Crippen LogP contribution >= 0.6 is 0 Å². The third kappa shape index (κ3) is 1.94. The standard InChI is InChI=1S/C8H16FN/c1-7(2)10-5-3-4-8(9)6-10/h7-8H,3-6H2,1-2H3. The Morgan fingerprint density at radius 3 is 2.60 bits per heavy atom. The average Bonchev–Trinajstić information content (AvgIpc) is 1.88. The summed E-state index contributed by atoms with van der Waals surface area (Å²) in [4.78, 5) is 2.20. The fourth-order valence-electron chi connectivity index (χ4n) is 1.42. The van der Waals surface area contributed by atoms with Crippen LogP contribution in [-0.4, -0.2) is 30.2 Å². The van der Waals surface area contributed by atoms with E-state index in [1.54, 1.807) is 0 Å². The predicted molar refractivity (Wildman–Crippen MR) is 40.8 cm³/mol. The van der Waals surface area contributed by atoms with Gasteiger partial charge in [-0.05, 0) is 33.2 Å². The lowest BCUT2D eigenvalue weighted by molar-refractivity contribution is 0.112. The summed E-state index contributed by atoms with van der Waals surface area (Å²) in [5.41, 5.74) is 0. The predicted octanol–water partition coefficient (Wildman–Crippen LogP) is 1.83. The van der Waals surface area contributed by atoms with Crippen LogP contribution in [0.1, 0.15) is 26.7 Å². The minimum Gasteiger partial charge on any atom is -0.298 e. The van der Waals surface area contributed by atoms with Crippen molar-refractivity contribution in [2.24, 2.45) is 0 Å². The normalized spacial score (nSPS) is 29.4. The van der Waals surface area contributed by atoms with Gasteiger partial charge in [0.25, 0.3) is 0 Å². The molecule has 1 atom stereocenters. The molecule has 1 aliphatic rings. The summed E-state index contributed by atoms with van der Waals surface area (Å²) in [5, 5.41) is 0. The molecule has 60 valence electrons. The van der Waals surface area contributed by atoms with E-state index in [1.165, 1.54) is 0 Å². The van der Waals surface area contributed by atoms with Crippen LogP contribution in [0.25, 0.3) is 0 Å². The van der Waals surface area contributed by atoms with Gasteiger partial charge in [0.1, 0.15) is 6.17 Å². The largest absolute Gasteiger partial charge is 0.298 e. The zero-order valence-electron chi connectivity index (χ0n) is 6.81. The van der Waals surface area contributed by atoms with E-state index in [4.69, 9.17) is 0 Å². The van der Waals surface area contributed by atoms with E-state index in [2.05, 4.69) is 18.7 Å². The molecule has 0 bridgehead atoms. The molecule has 1 saturated heterocycles. The molecule has 1 unspecified atom stereocenters. The third-order valence-electron chi connectivity index (χ3n) is 2.13. The molecule has 0 saturated carbocycles. The molecule has 0 N–H and O–H groups in total. The van der Waals surface area contributed by atoms with Crippen molar-refractivity contribution in [3.63, 3.8) is 0 Å². The molecular formula is C8H16FN. The first-order valence-electron chi connectivity index (χ1n) is 4.08. The first-order chi connectivity index (χ1) is 4.70. The monoisotopic (exact) mass is 145 g/mol. The number of likely N-dealkylation sites (tertiary alicyclic amines) is 1. The van der Waals surface area contributed by atoms with Gasteiger partial charge in [-0.25, -0.2) is 4.39 Å². The second-order valence-electron chi connectivity index (χ2n) is 3.33. The molecular weight excluding hydrogens is 129 g/mol. The van der Waals surface area contributed by atoms with Crippen molar-refractivity contribution in [3.8, 4) is 0 Å². The zero-order chi connectivity index (χ0) is 7.56. The van der Waals surface area contributed by atoms with E-state index in [0.717, 1.165) is 19.4 Å². The maximum atomic E-state index is 12.8. The van der Waals surface area contributed by atoms with Gasteiger partial charge < -0.3 is 0 Å². The molecule has 0 aromatic carbocycles. The SMILES string of the molecule is CC(C)N1CCCC(F)C1. The highest BCUT2D eigenvalue weighted by Gasteiger charge is 2.20. The van der Waals surface area contributed by atoms with Crippen molar-refractivity contribution in [3.05, 3.63) is 0 Å². The first kappa shape index (κ1) is 7.99. The molecule has 10 heavy (non-hydrogen) atoms. The number of halogens is 1. The van der Waals surface area contributed by atoms with E-state index >= 15 is 0 Å². The van der Waals surface area contributed by atoms with Gasteiger partial charge >= 0.3 is 0 Å². The topological polar surface area (TPSA) is 3.24 Å². The molecule has 0 aliphatic carbocycles. The molecule has 2 heteroatoms. The molecule has 0 radical (unpaired) electrons. The Bertz CT molecular complexity index is 103. The lowest BCUT2D eigenvalue weighted by Crippen LogP contribution is -2.40. The molecule has 0 amide bonds. The van der Waals surface area contributed by atoms with Crippen LogP contribution in [0, 0.1) is 0 Å². The fourth-order valence-corrected chi connectivity index (χ4v) is 1.42. The van der Waals surface area contributed by atoms with Crippen molar-refractivity contribution in [2.75, 3.05) is 13.1 Å². The summed E-state index contributed by atoms with van der Waals surface area (Å²) in [7, 11) is 0. The van der Waals surface area contributed by atoms with Crippen molar-refractivity contribution in [2.45, 2.75) is 38.9 Å². The quantitative estimate of drug-likeness (QED) is 0.544. The van der Waals surface area contributed by atoms with Crippen LogP contribution in [-0.2, 0) is 0 Å². The highest BCUT2D eigenvalue weighted by atomic mass is 19.1. The second kappa shape index (κ2) is 3.33. The summed E-state index contributed by atoms with van der Waals surface area (Å²) >= 11 is 0. The van der Waals surface area contributed by atoms with Crippen LogP contribution < -0.4 is 0 Å². The van der Waals surface area contributed by atoms with Gasteiger partial charge in [-0.1, -0.05) is 0 Å². The van der Waals surface area contributed by atoms with Gasteiger partial charge in [-0.2, -0.15) is 0 Å². The summed E-state index contributed by atoms with van der Waals surface area (Å²) < 4.78 is 12.8. The van der Waals surface area contributed by atoms with Crippen molar-refractivity contribution in [1.82, 2.24) is 4.90 Å². The van der Waals surface area contributed by atoms with E-state index in [-0.39, 0.29) is 0 Å². The van der Waals surface area contributed by atoms with Gasteiger partial charge in [0, 0.05) is 12.6 Å². The Labute approximate surface area is 62.2 Å². The van der Waals surface area contributed by atoms with Crippen LogP contribution in [0.3, 0.4) is 0 Å². The van der Waals surface area contributed by atoms with E-state index < -0.39 is 6.17 Å². The van der Waals surface area contributed by atoms with Gasteiger partial charge in [0.05, 0.1) is 0 Å². The molecule has 1 heterocycles. The number of alkyl halides is 1. The molecule has 0 aromatic heterocycles. The highest BCUT2D eigenvalue weighted by molar-refractivity contribution is 4.74. The first-order valence-corrected chi connectivity index (χ1v) is 4.08. The molecule has 1 aliphatic heterocycles. The molecule has 0 spiro atoms. The van der Waals surface area contributed by atoms with Gasteiger partial charge in [-0.15, -0.1) is 0 Å². The minimum atomic E-state index is -0.573. The van der Waals surface area contributed by atoms with Crippen molar-refractivity contribution < 1.29 is 4.39 Å². The Hall–Kier alpha value is -0.110. The molecule has 1 nitrogen and oxygen atoms in total. The summed E-state index contributed by atoms with van der Waals surface area (Å²) in [6.45, 7) is 5.98. The second-order valence-corrected chi connectivity index (χ2v) is 3.33. The number of hydrogen-bond acceptors (Lipinski definition) is 1. The fraction of sp³-hybridized carbons (Fsp3) is 1.00. The number of nitrogens with zero attached hydrogens (tertiary/aromatic N) is 1. The summed E-state index contributed by atoms with van der Waals surface area (Å²) in [5.74, 6) is 0. The Balaban J connectivity index is 2.32. The Morgan fingerprint density at radius 2 is 2.20 bits per heavy atom.